The van der Waals surface area contributed by atoms with Crippen molar-refractivity contribution in [3.8, 4) is 0 Å². The first kappa shape index (κ1) is 23.2. The Balaban J connectivity index is 2.02. The van der Waals surface area contributed by atoms with Gasteiger partial charge < -0.3 is 27.0 Å². The number of carbonyl (C=O) groups excluding carboxylic acids is 1. The van der Waals surface area contributed by atoms with Gasteiger partial charge in [0.15, 0.2) is 23.1 Å². The number of primary amides is 1. The summed E-state index contributed by atoms with van der Waals surface area (Å²) < 4.78 is 16.4. The van der Waals surface area contributed by atoms with E-state index in [2.05, 4.69) is 25.7 Å². The number of aromatic nitrogens is 4. The maximum absolute atomic E-state index is 14.7. The van der Waals surface area contributed by atoms with Crippen molar-refractivity contribution in [1.82, 2.24) is 19.7 Å². The second-order valence-corrected chi connectivity index (χ2v) is 8.04. The minimum Gasteiger partial charge on any atom is -0.365 e. The Bertz CT molecular complexity index is 1130. The van der Waals surface area contributed by atoms with Gasteiger partial charge in [0, 0.05) is 33.2 Å². The molecule has 0 fully saturated rings. The zero-order chi connectivity index (χ0) is 23.6. The first-order valence-corrected chi connectivity index (χ1v) is 10.4. The summed E-state index contributed by atoms with van der Waals surface area (Å²) in [6.45, 7) is 3.87. The highest BCUT2D eigenvalue weighted by Gasteiger charge is 2.20. The van der Waals surface area contributed by atoms with Crippen LogP contribution >= 0.6 is 0 Å². The highest BCUT2D eigenvalue weighted by molar-refractivity contribution is 5.99. The summed E-state index contributed by atoms with van der Waals surface area (Å²) in [5.74, 6) is -0.619. The Hall–Kier alpha value is -3.47. The van der Waals surface area contributed by atoms with Crippen LogP contribution in [0.5, 0.6) is 0 Å². The van der Waals surface area contributed by atoms with E-state index in [-0.39, 0.29) is 29.3 Å². The fourth-order valence-corrected chi connectivity index (χ4v) is 3.49. The number of nitrogens with one attached hydrogen (secondary N) is 2. The van der Waals surface area contributed by atoms with Crippen LogP contribution in [-0.4, -0.2) is 51.8 Å². The largest absolute Gasteiger partial charge is 0.365 e. The lowest BCUT2D eigenvalue weighted by Crippen LogP contribution is -2.38. The Morgan fingerprint density at radius 1 is 1.31 bits per heavy atom. The van der Waals surface area contributed by atoms with Crippen LogP contribution in [0.15, 0.2) is 18.3 Å². The topological polar surface area (TPSA) is 140 Å². The second-order valence-electron chi connectivity index (χ2n) is 8.04. The number of rotatable bonds is 9. The number of fused-ring (bicyclic) bond motifs is 1. The van der Waals surface area contributed by atoms with E-state index in [1.165, 1.54) is 0 Å². The number of aryl methyl sites for hydroxylation is 1. The maximum Gasteiger partial charge on any atom is 0.252 e. The van der Waals surface area contributed by atoms with Gasteiger partial charge in [-0.3, -0.25) is 4.79 Å². The predicted octanol–water partition coefficient (Wildman–Crippen LogP) is 2.34. The van der Waals surface area contributed by atoms with Gasteiger partial charge in [-0.2, -0.15) is 5.10 Å². The molecule has 0 aromatic carbocycles. The lowest BCUT2D eigenvalue weighted by atomic mass is 10.1. The number of nitrogens with zero attached hydrogens (tertiary/aromatic N) is 5. The molecule has 0 saturated heterocycles. The molecule has 0 bridgehead atoms. The van der Waals surface area contributed by atoms with E-state index in [1.54, 1.807) is 10.9 Å². The lowest BCUT2D eigenvalue weighted by Gasteiger charge is -2.23. The van der Waals surface area contributed by atoms with Gasteiger partial charge in [-0.1, -0.05) is 13.3 Å². The third kappa shape index (κ3) is 4.72. The standard InChI is InChI=1S/C21H30FN9O/c1-6-7-16(11(2)23)27-19-15(22)9-13(17(24)32)18(28-19)26-12-8-14-20(25-10-12)31(5)29-21(14)30(3)4/h8-11,16H,6-7,23H2,1-5H3,(H2,24,32)(H2,26,27,28)/t11-,16+/m0/s1. The molecule has 0 aliphatic rings. The molecule has 0 radical (unpaired) electrons. The van der Waals surface area contributed by atoms with Gasteiger partial charge >= 0.3 is 0 Å². The van der Waals surface area contributed by atoms with Gasteiger partial charge in [0.1, 0.15) is 5.82 Å². The summed E-state index contributed by atoms with van der Waals surface area (Å²) >= 11 is 0. The van der Waals surface area contributed by atoms with Gasteiger partial charge in [-0.05, 0) is 25.5 Å². The number of hydrogen-bond acceptors (Lipinski definition) is 8. The van der Waals surface area contributed by atoms with Crippen molar-refractivity contribution in [2.24, 2.45) is 18.5 Å². The van der Waals surface area contributed by atoms with Crippen molar-refractivity contribution >= 4 is 40.1 Å². The SMILES string of the molecule is CCC[C@@H](Nc1nc(Nc2cnc3c(c2)c(N(C)C)nn3C)c(C(N)=O)cc1F)[C@H](C)N. The molecule has 32 heavy (non-hydrogen) atoms. The number of pyridine rings is 2. The molecule has 0 spiro atoms. The predicted molar refractivity (Wildman–Crippen MR) is 125 cm³/mol. The van der Waals surface area contributed by atoms with Gasteiger partial charge in [0.05, 0.1) is 22.8 Å². The summed E-state index contributed by atoms with van der Waals surface area (Å²) in [5.41, 5.74) is 12.7. The highest BCUT2D eigenvalue weighted by Crippen LogP contribution is 2.29. The van der Waals surface area contributed by atoms with Crippen LogP contribution in [0, 0.1) is 5.82 Å². The van der Waals surface area contributed by atoms with Crippen LogP contribution in [0.4, 0.5) is 27.5 Å². The average Bonchev–Trinajstić information content (AvgIpc) is 3.05. The van der Waals surface area contributed by atoms with Crippen molar-refractivity contribution < 1.29 is 9.18 Å². The Labute approximate surface area is 186 Å². The number of nitrogens with two attached hydrogens (primary N) is 2. The van der Waals surface area contributed by atoms with E-state index in [1.807, 2.05) is 46.0 Å². The number of halogens is 1. The number of hydrogen-bond donors (Lipinski definition) is 4. The van der Waals surface area contributed by atoms with Crippen LogP contribution in [0.3, 0.4) is 0 Å². The van der Waals surface area contributed by atoms with Crippen LogP contribution in [0.1, 0.15) is 37.0 Å². The molecule has 0 aliphatic heterocycles. The van der Waals surface area contributed by atoms with Crippen LogP contribution in [-0.2, 0) is 7.05 Å². The molecular weight excluding hydrogens is 413 g/mol. The third-order valence-electron chi connectivity index (χ3n) is 5.14. The molecule has 172 valence electrons. The van der Waals surface area contributed by atoms with Crippen molar-refractivity contribution in [2.45, 2.75) is 38.8 Å². The Morgan fingerprint density at radius 2 is 2.03 bits per heavy atom. The van der Waals surface area contributed by atoms with Crippen molar-refractivity contribution in [1.29, 1.82) is 0 Å². The van der Waals surface area contributed by atoms with E-state index < -0.39 is 11.7 Å². The molecule has 6 N–H and O–H groups in total. The summed E-state index contributed by atoms with van der Waals surface area (Å²) in [5, 5.41) is 11.4. The molecule has 2 atom stereocenters. The van der Waals surface area contributed by atoms with Crippen LogP contribution in [0.2, 0.25) is 0 Å². The smallest absolute Gasteiger partial charge is 0.252 e. The molecule has 3 heterocycles. The average molecular weight is 444 g/mol. The summed E-state index contributed by atoms with van der Waals surface area (Å²) in [4.78, 5) is 22.6. The molecule has 1 amide bonds. The number of carbonyl (C=O) groups is 1. The van der Waals surface area contributed by atoms with E-state index in [9.17, 15) is 9.18 Å². The molecule has 0 unspecified atom stereocenters. The number of amides is 1. The minimum atomic E-state index is -0.799. The summed E-state index contributed by atoms with van der Waals surface area (Å²) in [7, 11) is 5.58. The fraction of sp³-hybridized carbons (Fsp3) is 0.429. The Morgan fingerprint density at radius 3 is 2.62 bits per heavy atom. The summed E-state index contributed by atoms with van der Waals surface area (Å²) in [6, 6.07) is 2.52. The van der Waals surface area contributed by atoms with Crippen molar-refractivity contribution in [3.05, 3.63) is 29.7 Å². The lowest BCUT2D eigenvalue weighted by molar-refractivity contribution is 0.100. The van der Waals surface area contributed by atoms with E-state index in [4.69, 9.17) is 11.5 Å². The van der Waals surface area contributed by atoms with Gasteiger partial charge in [0.2, 0.25) is 0 Å². The van der Waals surface area contributed by atoms with Gasteiger partial charge in [-0.25, -0.2) is 19.0 Å². The van der Waals surface area contributed by atoms with Gasteiger partial charge in [-0.15, -0.1) is 0 Å². The molecule has 3 aromatic rings. The molecule has 3 aromatic heterocycles. The molecule has 10 nitrogen and oxygen atoms in total. The van der Waals surface area contributed by atoms with Crippen molar-refractivity contribution in [3.63, 3.8) is 0 Å². The minimum absolute atomic E-state index is 0.00218. The van der Waals surface area contributed by atoms with Crippen LogP contribution < -0.4 is 27.0 Å². The highest BCUT2D eigenvalue weighted by atomic mass is 19.1. The molecule has 0 aliphatic carbocycles. The summed E-state index contributed by atoms with van der Waals surface area (Å²) in [6.07, 6.45) is 3.21. The molecule has 0 saturated carbocycles. The normalized spacial score (nSPS) is 13.1. The Kier molecular flexibility index (Phi) is 6.78. The van der Waals surface area contributed by atoms with E-state index >= 15 is 0 Å². The first-order valence-electron chi connectivity index (χ1n) is 10.4. The molecular formula is C21H30FN9O. The number of anilines is 4. The fourth-order valence-electron chi connectivity index (χ4n) is 3.49. The molecule has 11 heteroatoms. The second kappa shape index (κ2) is 9.35. The zero-order valence-corrected chi connectivity index (χ0v) is 19.0. The van der Waals surface area contributed by atoms with Gasteiger partial charge in [0.25, 0.3) is 5.91 Å². The van der Waals surface area contributed by atoms with Crippen molar-refractivity contribution in [2.75, 3.05) is 29.6 Å². The maximum atomic E-state index is 14.7. The first-order chi connectivity index (χ1) is 15.1. The van der Waals surface area contributed by atoms with E-state index in [0.717, 1.165) is 30.1 Å². The van der Waals surface area contributed by atoms with Crippen LogP contribution in [0.25, 0.3) is 11.0 Å². The zero-order valence-electron chi connectivity index (χ0n) is 19.0. The quantitative estimate of drug-likeness (QED) is 0.395. The monoisotopic (exact) mass is 443 g/mol. The molecule has 3 rings (SSSR count). The van der Waals surface area contributed by atoms with E-state index in [0.29, 0.717) is 11.3 Å². The third-order valence-corrected chi connectivity index (χ3v) is 5.14.